The quantitative estimate of drug-likeness (QED) is 0.638. The molecule has 2 aliphatic rings. The van der Waals surface area contributed by atoms with Gasteiger partial charge in [0.2, 0.25) is 0 Å². The lowest BCUT2D eigenvalue weighted by molar-refractivity contribution is -0.143. The Morgan fingerprint density at radius 3 is 2.77 bits per heavy atom. The van der Waals surface area contributed by atoms with Crippen molar-refractivity contribution in [2.45, 2.75) is 31.6 Å². The minimum Gasteiger partial charge on any atom is -0.369 e. The van der Waals surface area contributed by atoms with E-state index in [2.05, 4.69) is 30.5 Å². The van der Waals surface area contributed by atoms with Crippen molar-refractivity contribution in [1.29, 1.82) is 0 Å². The van der Waals surface area contributed by atoms with Crippen LogP contribution in [0.5, 0.6) is 0 Å². The highest BCUT2D eigenvalue weighted by molar-refractivity contribution is 5.54. The Labute approximate surface area is 168 Å². The van der Waals surface area contributed by atoms with E-state index in [9.17, 15) is 17.6 Å². The molecule has 30 heavy (non-hydrogen) atoms. The SMILES string of the molecule is CC1c2ncc(C(F)(F)F)n2CCN1c1cnnc(C2CNc3ncc(F)cc32)n1. The van der Waals surface area contributed by atoms with Crippen molar-refractivity contribution in [3.63, 3.8) is 0 Å². The first-order valence-electron chi connectivity index (χ1n) is 9.31. The maximum Gasteiger partial charge on any atom is 0.433 e. The van der Waals surface area contributed by atoms with Crippen molar-refractivity contribution in [3.8, 4) is 0 Å². The summed E-state index contributed by atoms with van der Waals surface area (Å²) < 4.78 is 54.4. The average molecular weight is 420 g/mol. The summed E-state index contributed by atoms with van der Waals surface area (Å²) >= 11 is 0. The van der Waals surface area contributed by atoms with Gasteiger partial charge in [0.25, 0.3) is 0 Å². The first-order valence-corrected chi connectivity index (χ1v) is 9.31. The van der Waals surface area contributed by atoms with Gasteiger partial charge in [0.15, 0.2) is 11.6 Å². The molecule has 8 nitrogen and oxygen atoms in total. The number of aromatic nitrogens is 6. The van der Waals surface area contributed by atoms with Crippen molar-refractivity contribution >= 4 is 11.6 Å². The van der Waals surface area contributed by atoms with Gasteiger partial charge >= 0.3 is 6.18 Å². The van der Waals surface area contributed by atoms with Crippen LogP contribution in [0.1, 0.15) is 41.8 Å². The monoisotopic (exact) mass is 420 g/mol. The number of fused-ring (bicyclic) bond motifs is 2. The summed E-state index contributed by atoms with van der Waals surface area (Å²) in [6, 6.07) is 0.953. The van der Waals surface area contributed by atoms with Gasteiger partial charge in [-0.1, -0.05) is 0 Å². The topological polar surface area (TPSA) is 84.7 Å². The summed E-state index contributed by atoms with van der Waals surface area (Å²) in [6.07, 6.45) is -0.989. The number of hydrogen-bond donors (Lipinski definition) is 1. The number of imidazole rings is 1. The normalized spacial score (nSPS) is 20.6. The standard InChI is InChI=1S/C18H16F4N8/c1-9-17-25-7-13(18(20,21)22)30(17)3-2-29(9)14-8-26-28-16(27-14)12-6-24-15-11(12)4-10(19)5-23-15/h4-5,7-9,12H,2-3,6H2,1H3,(H,23,24). The average Bonchev–Trinajstić information content (AvgIpc) is 3.32. The lowest BCUT2D eigenvalue weighted by Crippen LogP contribution is -2.39. The number of alkyl halides is 3. The van der Waals surface area contributed by atoms with E-state index in [0.29, 0.717) is 41.9 Å². The predicted molar refractivity (Wildman–Crippen MR) is 97.3 cm³/mol. The summed E-state index contributed by atoms with van der Waals surface area (Å²) in [4.78, 5) is 14.5. The van der Waals surface area contributed by atoms with Crippen LogP contribution < -0.4 is 10.2 Å². The smallest absolute Gasteiger partial charge is 0.369 e. The second-order valence-electron chi connectivity index (χ2n) is 7.22. The van der Waals surface area contributed by atoms with E-state index in [1.165, 1.54) is 16.8 Å². The zero-order valence-corrected chi connectivity index (χ0v) is 15.7. The van der Waals surface area contributed by atoms with Gasteiger partial charge < -0.3 is 14.8 Å². The summed E-state index contributed by atoms with van der Waals surface area (Å²) in [7, 11) is 0. The van der Waals surface area contributed by atoms with E-state index in [1.54, 1.807) is 6.92 Å². The van der Waals surface area contributed by atoms with Crippen LogP contribution in [0.4, 0.5) is 29.2 Å². The van der Waals surface area contributed by atoms with E-state index in [0.717, 1.165) is 12.4 Å². The maximum atomic E-state index is 13.7. The number of halogens is 4. The Morgan fingerprint density at radius 1 is 1.13 bits per heavy atom. The van der Waals surface area contributed by atoms with E-state index in [-0.39, 0.29) is 12.5 Å². The van der Waals surface area contributed by atoms with Crippen LogP contribution in [-0.2, 0) is 12.7 Å². The van der Waals surface area contributed by atoms with Crippen molar-refractivity contribution in [1.82, 2.24) is 29.7 Å². The van der Waals surface area contributed by atoms with E-state index in [1.807, 2.05) is 4.90 Å². The highest BCUT2D eigenvalue weighted by Gasteiger charge is 2.39. The van der Waals surface area contributed by atoms with Crippen LogP contribution in [-0.4, -0.2) is 42.8 Å². The molecular formula is C18H16F4N8. The Bertz CT molecular complexity index is 1110. The largest absolute Gasteiger partial charge is 0.433 e. The highest BCUT2D eigenvalue weighted by Crippen LogP contribution is 2.37. The molecule has 2 aliphatic heterocycles. The first kappa shape index (κ1) is 18.7. The number of nitrogens with one attached hydrogen (secondary N) is 1. The van der Waals surface area contributed by atoms with Crippen molar-refractivity contribution in [2.75, 3.05) is 23.3 Å². The molecule has 0 saturated heterocycles. The molecule has 2 atom stereocenters. The number of nitrogens with zero attached hydrogens (tertiary/aromatic N) is 7. The minimum atomic E-state index is -4.46. The fourth-order valence-corrected chi connectivity index (χ4v) is 4.04. The molecule has 0 saturated carbocycles. The molecule has 0 bridgehead atoms. The molecule has 0 fully saturated rings. The van der Waals surface area contributed by atoms with Gasteiger partial charge in [0.05, 0.1) is 30.6 Å². The third kappa shape index (κ3) is 2.94. The fraction of sp³-hybridized carbons (Fsp3) is 0.389. The van der Waals surface area contributed by atoms with Gasteiger partial charge in [-0.2, -0.15) is 18.3 Å². The zero-order chi connectivity index (χ0) is 21.0. The molecule has 3 aromatic rings. The molecule has 12 heteroatoms. The Kier molecular flexibility index (Phi) is 4.12. The molecule has 0 amide bonds. The summed E-state index contributed by atoms with van der Waals surface area (Å²) in [5.41, 5.74) is -0.111. The second kappa shape index (κ2) is 6.61. The first-order chi connectivity index (χ1) is 14.3. The molecule has 0 aromatic carbocycles. The Morgan fingerprint density at radius 2 is 1.97 bits per heavy atom. The summed E-state index contributed by atoms with van der Waals surface area (Å²) in [6.45, 7) is 2.65. The highest BCUT2D eigenvalue weighted by atomic mass is 19.4. The minimum absolute atomic E-state index is 0.122. The fourth-order valence-electron chi connectivity index (χ4n) is 4.04. The molecular weight excluding hydrogens is 404 g/mol. The molecule has 3 aromatic heterocycles. The molecule has 1 N–H and O–H groups in total. The van der Waals surface area contributed by atoms with Crippen LogP contribution in [0.15, 0.2) is 24.7 Å². The van der Waals surface area contributed by atoms with Gasteiger partial charge in [-0.05, 0) is 13.0 Å². The molecule has 0 radical (unpaired) electrons. The number of anilines is 2. The van der Waals surface area contributed by atoms with Crippen LogP contribution in [0.3, 0.4) is 0 Å². The maximum absolute atomic E-state index is 13.7. The number of hydrogen-bond acceptors (Lipinski definition) is 7. The van der Waals surface area contributed by atoms with Gasteiger partial charge in [0.1, 0.15) is 23.2 Å². The van der Waals surface area contributed by atoms with Crippen molar-refractivity contribution in [3.05, 3.63) is 53.4 Å². The third-order valence-corrected chi connectivity index (χ3v) is 5.48. The predicted octanol–water partition coefficient (Wildman–Crippen LogP) is 2.76. The Balaban J connectivity index is 1.46. The van der Waals surface area contributed by atoms with Crippen molar-refractivity contribution < 1.29 is 17.6 Å². The summed E-state index contributed by atoms with van der Waals surface area (Å²) in [5, 5.41) is 11.2. The van der Waals surface area contributed by atoms with Crippen LogP contribution >= 0.6 is 0 Å². The molecule has 0 spiro atoms. The van der Waals surface area contributed by atoms with Crippen LogP contribution in [0.25, 0.3) is 0 Å². The van der Waals surface area contributed by atoms with E-state index >= 15 is 0 Å². The van der Waals surface area contributed by atoms with Gasteiger partial charge in [-0.3, -0.25) is 0 Å². The second-order valence-corrected chi connectivity index (χ2v) is 7.22. The lowest BCUT2D eigenvalue weighted by Gasteiger charge is -2.35. The van der Waals surface area contributed by atoms with Gasteiger partial charge in [-0.15, -0.1) is 5.10 Å². The van der Waals surface area contributed by atoms with Gasteiger partial charge in [-0.25, -0.2) is 19.3 Å². The number of pyridine rings is 1. The number of rotatable bonds is 2. The molecule has 5 heterocycles. The van der Waals surface area contributed by atoms with Crippen molar-refractivity contribution in [2.24, 2.45) is 0 Å². The zero-order valence-electron chi connectivity index (χ0n) is 15.7. The van der Waals surface area contributed by atoms with E-state index in [4.69, 9.17) is 0 Å². The van der Waals surface area contributed by atoms with E-state index < -0.39 is 23.7 Å². The third-order valence-electron chi connectivity index (χ3n) is 5.48. The molecule has 0 aliphatic carbocycles. The van der Waals surface area contributed by atoms with Gasteiger partial charge in [0, 0.05) is 25.2 Å². The molecule has 2 unspecified atom stereocenters. The molecule has 156 valence electrons. The van der Waals surface area contributed by atoms with Crippen LogP contribution in [0.2, 0.25) is 0 Å². The van der Waals surface area contributed by atoms with Crippen LogP contribution in [0, 0.1) is 5.82 Å². The Hall–Kier alpha value is -3.31. The lowest BCUT2D eigenvalue weighted by atomic mass is 10.0. The molecule has 5 rings (SSSR count). The summed E-state index contributed by atoms with van der Waals surface area (Å²) in [5.74, 6) is 0.978.